The quantitative estimate of drug-likeness (QED) is 0.896. The molecule has 26 heavy (non-hydrogen) atoms. The van der Waals surface area contributed by atoms with Gasteiger partial charge in [0, 0.05) is 12.2 Å². The van der Waals surface area contributed by atoms with Crippen molar-refractivity contribution >= 4 is 11.6 Å². The summed E-state index contributed by atoms with van der Waals surface area (Å²) in [5.74, 6) is 1.37. The smallest absolute Gasteiger partial charge is 0.241 e. The Bertz CT molecular complexity index is 844. The maximum absolute atomic E-state index is 12.5. The molecule has 0 fully saturated rings. The van der Waals surface area contributed by atoms with Gasteiger partial charge in [0.2, 0.25) is 5.91 Å². The second-order valence-corrected chi connectivity index (χ2v) is 6.25. The van der Waals surface area contributed by atoms with Gasteiger partial charge in [0.05, 0.1) is 17.7 Å². The zero-order chi connectivity index (χ0) is 18.5. The van der Waals surface area contributed by atoms with Crippen molar-refractivity contribution < 1.29 is 14.3 Å². The number of carbonyl (C=O) groups is 1. The van der Waals surface area contributed by atoms with Crippen molar-refractivity contribution in [3.63, 3.8) is 0 Å². The van der Waals surface area contributed by atoms with Crippen molar-refractivity contribution in [2.45, 2.75) is 19.5 Å². The third kappa shape index (κ3) is 4.13. The monoisotopic (exact) mass is 351 g/mol. The average Bonchev–Trinajstić information content (AvgIpc) is 2.67. The lowest BCUT2D eigenvalue weighted by atomic mass is 10.1. The molecule has 134 valence electrons. The predicted octanol–water partition coefficient (Wildman–Crippen LogP) is 2.79. The first kappa shape index (κ1) is 17.8. The number of likely N-dealkylation sites (N-methyl/N-ethyl adjacent to an activating group) is 1. The predicted molar refractivity (Wildman–Crippen MR) is 98.1 cm³/mol. The number of anilines is 1. The number of hydrogen-bond donors (Lipinski definition) is 1. The van der Waals surface area contributed by atoms with Crippen molar-refractivity contribution in [2.75, 3.05) is 25.6 Å². The topological polar surface area (TPSA) is 74.6 Å². The van der Waals surface area contributed by atoms with Crippen LogP contribution in [0.15, 0.2) is 42.5 Å². The third-order valence-corrected chi connectivity index (χ3v) is 4.34. The molecule has 0 radical (unpaired) electrons. The number of rotatable bonds is 5. The van der Waals surface area contributed by atoms with E-state index in [1.165, 1.54) is 0 Å². The van der Waals surface area contributed by atoms with Crippen LogP contribution in [0.3, 0.4) is 0 Å². The molecule has 2 aromatic rings. The fraction of sp³-hybridized carbons (Fsp3) is 0.300. The molecule has 6 heteroatoms. The van der Waals surface area contributed by atoms with Gasteiger partial charge in [0.1, 0.15) is 13.2 Å². The summed E-state index contributed by atoms with van der Waals surface area (Å²) in [6, 6.07) is 14.4. The van der Waals surface area contributed by atoms with Crippen LogP contribution < -0.4 is 14.8 Å². The first-order valence-corrected chi connectivity index (χ1v) is 8.46. The van der Waals surface area contributed by atoms with Crippen molar-refractivity contribution in [1.29, 1.82) is 5.26 Å². The Morgan fingerprint density at radius 3 is 2.77 bits per heavy atom. The van der Waals surface area contributed by atoms with Crippen molar-refractivity contribution in [3.8, 4) is 17.6 Å². The first-order valence-electron chi connectivity index (χ1n) is 8.46. The van der Waals surface area contributed by atoms with Gasteiger partial charge in [-0.1, -0.05) is 12.1 Å². The van der Waals surface area contributed by atoms with Crippen molar-refractivity contribution in [1.82, 2.24) is 4.90 Å². The lowest BCUT2D eigenvalue weighted by Gasteiger charge is -2.25. The summed E-state index contributed by atoms with van der Waals surface area (Å²) in [6.45, 7) is 3.56. The van der Waals surface area contributed by atoms with Crippen LogP contribution >= 0.6 is 0 Å². The number of benzene rings is 2. The lowest BCUT2D eigenvalue weighted by molar-refractivity contribution is -0.120. The zero-order valence-corrected chi connectivity index (χ0v) is 14.9. The molecule has 1 aliphatic rings. The minimum absolute atomic E-state index is 0.125. The minimum Gasteiger partial charge on any atom is -0.486 e. The van der Waals surface area contributed by atoms with E-state index in [-0.39, 0.29) is 11.9 Å². The van der Waals surface area contributed by atoms with E-state index >= 15 is 0 Å². The molecule has 3 rings (SSSR count). The van der Waals surface area contributed by atoms with Crippen LogP contribution in [0.1, 0.15) is 18.1 Å². The van der Waals surface area contributed by atoms with Crippen LogP contribution in [0.2, 0.25) is 0 Å². The van der Waals surface area contributed by atoms with Gasteiger partial charge < -0.3 is 14.8 Å². The van der Waals surface area contributed by atoms with E-state index in [4.69, 9.17) is 14.7 Å². The molecule has 0 bridgehead atoms. The number of nitriles is 1. The number of nitrogens with zero attached hydrogens (tertiary/aromatic N) is 2. The minimum atomic E-state index is -0.339. The third-order valence-electron chi connectivity index (χ3n) is 4.34. The van der Waals surface area contributed by atoms with Gasteiger partial charge in [-0.2, -0.15) is 5.26 Å². The molecular weight excluding hydrogens is 330 g/mol. The molecule has 1 atom stereocenters. The molecule has 0 spiro atoms. The SMILES string of the molecule is CC(C(=O)Nc1cccc(C#N)c1)N(C)Cc1ccc2c(c1)OCCO2. The number of amides is 1. The summed E-state index contributed by atoms with van der Waals surface area (Å²) in [4.78, 5) is 14.4. The molecule has 1 N–H and O–H groups in total. The van der Waals surface area contributed by atoms with E-state index < -0.39 is 0 Å². The molecule has 0 saturated carbocycles. The molecule has 1 unspecified atom stereocenters. The van der Waals surface area contributed by atoms with Gasteiger partial charge in [-0.15, -0.1) is 0 Å². The maximum atomic E-state index is 12.5. The lowest BCUT2D eigenvalue weighted by Crippen LogP contribution is -2.39. The van der Waals surface area contributed by atoms with E-state index in [2.05, 4.69) is 11.4 Å². The Hall–Kier alpha value is -3.04. The van der Waals surface area contributed by atoms with E-state index in [0.29, 0.717) is 31.0 Å². The summed E-state index contributed by atoms with van der Waals surface area (Å²) < 4.78 is 11.1. The number of hydrogen-bond acceptors (Lipinski definition) is 5. The number of fused-ring (bicyclic) bond motifs is 1. The van der Waals surface area contributed by atoms with Crippen molar-refractivity contribution in [2.24, 2.45) is 0 Å². The highest BCUT2D eigenvalue weighted by atomic mass is 16.6. The van der Waals surface area contributed by atoms with E-state index in [9.17, 15) is 4.79 Å². The summed E-state index contributed by atoms with van der Waals surface area (Å²) in [5, 5.41) is 11.8. The highest BCUT2D eigenvalue weighted by Gasteiger charge is 2.19. The Morgan fingerprint density at radius 2 is 2.00 bits per heavy atom. The highest BCUT2D eigenvalue weighted by molar-refractivity contribution is 5.94. The summed E-state index contributed by atoms with van der Waals surface area (Å²) >= 11 is 0. The summed E-state index contributed by atoms with van der Waals surface area (Å²) in [5.41, 5.74) is 2.18. The largest absolute Gasteiger partial charge is 0.486 e. The summed E-state index contributed by atoms with van der Waals surface area (Å²) in [7, 11) is 1.90. The fourth-order valence-corrected chi connectivity index (χ4v) is 2.72. The van der Waals surface area contributed by atoms with Crippen LogP contribution in [0, 0.1) is 11.3 Å². The average molecular weight is 351 g/mol. The van der Waals surface area contributed by atoms with Gasteiger partial charge in [-0.05, 0) is 49.9 Å². The van der Waals surface area contributed by atoms with Crippen molar-refractivity contribution in [3.05, 3.63) is 53.6 Å². The molecule has 1 heterocycles. The molecule has 6 nitrogen and oxygen atoms in total. The Balaban J connectivity index is 1.62. The molecule has 2 aromatic carbocycles. The Labute approximate surface area is 152 Å². The van der Waals surface area contributed by atoms with Gasteiger partial charge in [-0.3, -0.25) is 9.69 Å². The molecular formula is C20H21N3O3. The normalized spacial score (nSPS) is 13.8. The number of ether oxygens (including phenoxy) is 2. The maximum Gasteiger partial charge on any atom is 0.241 e. The molecule has 0 aliphatic carbocycles. The Kier molecular flexibility index (Phi) is 5.40. The van der Waals surface area contributed by atoms with Gasteiger partial charge >= 0.3 is 0 Å². The van der Waals surface area contributed by atoms with Crippen LogP contribution in [-0.2, 0) is 11.3 Å². The van der Waals surface area contributed by atoms with Gasteiger partial charge in [0.25, 0.3) is 0 Å². The highest BCUT2D eigenvalue weighted by Crippen LogP contribution is 2.31. The Morgan fingerprint density at radius 1 is 1.23 bits per heavy atom. The van der Waals surface area contributed by atoms with Gasteiger partial charge in [-0.25, -0.2) is 0 Å². The second kappa shape index (κ2) is 7.89. The van der Waals surface area contributed by atoms with Crippen LogP contribution in [-0.4, -0.2) is 37.1 Å². The standard InChI is InChI=1S/C20H21N3O3/c1-14(20(24)22-17-5-3-4-15(10-17)12-21)23(2)13-16-6-7-18-19(11-16)26-9-8-25-18/h3-7,10-11,14H,8-9,13H2,1-2H3,(H,22,24). The van der Waals surface area contributed by atoms with Crippen LogP contribution in [0.4, 0.5) is 5.69 Å². The molecule has 1 aliphatic heterocycles. The molecule has 1 amide bonds. The molecule has 0 saturated heterocycles. The molecule has 0 aromatic heterocycles. The second-order valence-electron chi connectivity index (χ2n) is 6.25. The van der Waals surface area contributed by atoms with E-state index in [1.807, 2.05) is 37.1 Å². The van der Waals surface area contributed by atoms with E-state index in [0.717, 1.165) is 17.1 Å². The van der Waals surface area contributed by atoms with Crippen LogP contribution in [0.25, 0.3) is 0 Å². The van der Waals surface area contributed by atoms with Crippen LogP contribution in [0.5, 0.6) is 11.5 Å². The number of nitrogens with one attached hydrogen (secondary N) is 1. The van der Waals surface area contributed by atoms with E-state index in [1.54, 1.807) is 24.3 Å². The summed E-state index contributed by atoms with van der Waals surface area (Å²) in [6.07, 6.45) is 0. The first-order chi connectivity index (χ1) is 12.6. The zero-order valence-electron chi connectivity index (χ0n) is 14.9. The fourth-order valence-electron chi connectivity index (χ4n) is 2.72. The van der Waals surface area contributed by atoms with Gasteiger partial charge in [0.15, 0.2) is 11.5 Å². The number of carbonyl (C=O) groups excluding carboxylic acids is 1.